The second-order valence-corrected chi connectivity index (χ2v) is 7.98. The number of anilines is 1. The van der Waals surface area contributed by atoms with Crippen molar-refractivity contribution in [1.29, 1.82) is 0 Å². The van der Waals surface area contributed by atoms with Gasteiger partial charge in [0.2, 0.25) is 0 Å². The van der Waals surface area contributed by atoms with Gasteiger partial charge in [-0.3, -0.25) is 4.79 Å². The first-order chi connectivity index (χ1) is 14.7. The fourth-order valence-corrected chi connectivity index (χ4v) is 3.12. The molecule has 2 amide bonds. The van der Waals surface area contributed by atoms with Gasteiger partial charge in [0.1, 0.15) is 12.4 Å². The quantitative estimate of drug-likeness (QED) is 0.444. The van der Waals surface area contributed by atoms with Crippen molar-refractivity contribution >= 4 is 30.3 Å². The minimum Gasteiger partial charge on any atom is -0.445 e. The smallest absolute Gasteiger partial charge is 0.408 e. The van der Waals surface area contributed by atoms with E-state index in [9.17, 15) is 14.0 Å². The number of nitrogens with one attached hydrogen (secondary N) is 2. The molecule has 0 fully saturated rings. The minimum atomic E-state index is -0.730. The standard InChI is InChI=1S/C24H23FN2O3S/c1-24(2,27-23(29)30-15-16-7-13-19(25)14-8-16)18-11-9-17(10-12-18)22(28)26-20-5-3-4-6-21(20)31/h3-14,31H,15H2,1-2H3,(H,26,28)(H,27,29). The van der Waals surface area contributed by atoms with Crippen molar-refractivity contribution in [2.24, 2.45) is 0 Å². The zero-order valence-corrected chi connectivity index (χ0v) is 18.1. The first-order valence-corrected chi connectivity index (χ1v) is 10.1. The van der Waals surface area contributed by atoms with Gasteiger partial charge in [-0.2, -0.15) is 0 Å². The van der Waals surface area contributed by atoms with E-state index < -0.39 is 11.6 Å². The fraction of sp³-hybridized carbons (Fsp3) is 0.167. The van der Waals surface area contributed by atoms with Gasteiger partial charge < -0.3 is 15.4 Å². The van der Waals surface area contributed by atoms with Crippen LogP contribution in [0.15, 0.2) is 77.7 Å². The third-order valence-corrected chi connectivity index (χ3v) is 5.11. The lowest BCUT2D eigenvalue weighted by Gasteiger charge is -2.26. The average molecular weight is 439 g/mol. The van der Waals surface area contributed by atoms with Crippen LogP contribution >= 0.6 is 12.6 Å². The SMILES string of the molecule is CC(C)(NC(=O)OCc1ccc(F)cc1)c1ccc(C(=O)Nc2ccccc2S)cc1. The summed E-state index contributed by atoms with van der Waals surface area (Å²) in [5.74, 6) is -0.598. The minimum absolute atomic E-state index is 0.0356. The predicted octanol–water partition coefficient (Wildman–Crippen LogP) is 5.53. The van der Waals surface area contributed by atoms with Crippen molar-refractivity contribution < 1.29 is 18.7 Å². The lowest BCUT2D eigenvalue weighted by Crippen LogP contribution is -2.41. The number of ether oxygens (including phenoxy) is 1. The summed E-state index contributed by atoms with van der Waals surface area (Å²) in [6, 6.07) is 19.9. The molecule has 3 aromatic carbocycles. The molecule has 0 spiro atoms. The van der Waals surface area contributed by atoms with Gasteiger partial charge in [-0.05, 0) is 61.4 Å². The molecule has 0 saturated heterocycles. The van der Waals surface area contributed by atoms with Crippen LogP contribution in [0.4, 0.5) is 14.9 Å². The van der Waals surface area contributed by atoms with Crippen molar-refractivity contribution in [1.82, 2.24) is 5.32 Å². The summed E-state index contributed by atoms with van der Waals surface area (Å²) in [7, 11) is 0. The highest BCUT2D eigenvalue weighted by atomic mass is 32.1. The molecule has 7 heteroatoms. The number of hydrogen-bond donors (Lipinski definition) is 3. The molecule has 0 aliphatic heterocycles. The molecule has 31 heavy (non-hydrogen) atoms. The van der Waals surface area contributed by atoms with E-state index in [2.05, 4.69) is 23.3 Å². The topological polar surface area (TPSA) is 67.4 Å². The first kappa shape index (κ1) is 22.4. The first-order valence-electron chi connectivity index (χ1n) is 9.64. The highest BCUT2D eigenvalue weighted by molar-refractivity contribution is 7.80. The molecule has 2 N–H and O–H groups in total. The number of benzene rings is 3. The Morgan fingerprint density at radius 2 is 1.61 bits per heavy atom. The van der Waals surface area contributed by atoms with Gasteiger partial charge in [-0.1, -0.05) is 36.4 Å². The lowest BCUT2D eigenvalue weighted by atomic mass is 9.93. The van der Waals surface area contributed by atoms with E-state index in [1.807, 2.05) is 26.0 Å². The number of carbonyl (C=O) groups excluding carboxylic acids is 2. The van der Waals surface area contributed by atoms with Crippen LogP contribution in [0.3, 0.4) is 0 Å². The van der Waals surface area contributed by atoms with E-state index in [0.717, 1.165) is 5.56 Å². The van der Waals surface area contributed by atoms with Gasteiger partial charge in [-0.15, -0.1) is 12.6 Å². The van der Waals surface area contributed by atoms with Crippen LogP contribution in [0.1, 0.15) is 35.3 Å². The number of halogens is 1. The summed E-state index contributed by atoms with van der Waals surface area (Å²) in [6.45, 7) is 3.70. The van der Waals surface area contributed by atoms with Gasteiger partial charge in [0.25, 0.3) is 5.91 Å². The molecular formula is C24H23FN2O3S. The monoisotopic (exact) mass is 438 g/mol. The van der Waals surface area contributed by atoms with E-state index in [4.69, 9.17) is 4.74 Å². The van der Waals surface area contributed by atoms with Gasteiger partial charge in [-0.25, -0.2) is 9.18 Å². The number of hydrogen-bond acceptors (Lipinski definition) is 4. The number of para-hydroxylation sites is 1. The van der Waals surface area contributed by atoms with Crippen molar-refractivity contribution in [3.05, 3.63) is 95.3 Å². The van der Waals surface area contributed by atoms with Crippen LogP contribution in [0.2, 0.25) is 0 Å². The molecule has 0 saturated carbocycles. The van der Waals surface area contributed by atoms with Crippen LogP contribution in [0.25, 0.3) is 0 Å². The molecule has 0 aromatic heterocycles. The van der Waals surface area contributed by atoms with E-state index in [1.165, 1.54) is 12.1 Å². The molecule has 0 aliphatic rings. The second-order valence-electron chi connectivity index (χ2n) is 7.50. The molecule has 160 valence electrons. The zero-order chi connectivity index (χ0) is 22.4. The Hall–Kier alpha value is -3.32. The number of amides is 2. The summed E-state index contributed by atoms with van der Waals surface area (Å²) in [5.41, 5.74) is 1.87. The van der Waals surface area contributed by atoms with Crippen LogP contribution in [0, 0.1) is 5.82 Å². The maximum Gasteiger partial charge on any atom is 0.408 e. The number of rotatable bonds is 6. The third kappa shape index (κ3) is 6.08. The number of carbonyl (C=O) groups is 2. The van der Waals surface area contributed by atoms with Gasteiger partial charge in [0.15, 0.2) is 0 Å². The predicted molar refractivity (Wildman–Crippen MR) is 121 cm³/mol. The van der Waals surface area contributed by atoms with E-state index in [1.54, 1.807) is 48.5 Å². The van der Waals surface area contributed by atoms with Crippen LogP contribution in [-0.2, 0) is 16.9 Å². The van der Waals surface area contributed by atoms with Crippen LogP contribution in [0.5, 0.6) is 0 Å². The normalized spacial score (nSPS) is 11.0. The molecule has 5 nitrogen and oxygen atoms in total. The zero-order valence-electron chi connectivity index (χ0n) is 17.2. The Balaban J connectivity index is 1.59. The Morgan fingerprint density at radius 1 is 0.968 bits per heavy atom. The highest BCUT2D eigenvalue weighted by Crippen LogP contribution is 2.23. The van der Waals surface area contributed by atoms with Crippen molar-refractivity contribution in [2.75, 3.05) is 5.32 Å². The summed E-state index contributed by atoms with van der Waals surface area (Å²) >= 11 is 4.33. The highest BCUT2D eigenvalue weighted by Gasteiger charge is 2.24. The Kier molecular flexibility index (Phi) is 6.97. The van der Waals surface area contributed by atoms with Gasteiger partial charge >= 0.3 is 6.09 Å². The third-order valence-electron chi connectivity index (χ3n) is 4.72. The number of alkyl carbamates (subject to hydrolysis) is 1. The average Bonchev–Trinajstić information content (AvgIpc) is 2.75. The summed E-state index contributed by atoms with van der Waals surface area (Å²) in [6.07, 6.45) is -0.596. The summed E-state index contributed by atoms with van der Waals surface area (Å²) in [4.78, 5) is 25.4. The molecule has 0 radical (unpaired) electrons. The van der Waals surface area contributed by atoms with Crippen LogP contribution < -0.4 is 10.6 Å². The molecule has 3 aromatic rings. The van der Waals surface area contributed by atoms with Crippen molar-refractivity contribution in [2.45, 2.75) is 30.9 Å². The molecule has 0 aliphatic carbocycles. The molecular weight excluding hydrogens is 415 g/mol. The maximum atomic E-state index is 13.0. The van der Waals surface area contributed by atoms with Gasteiger partial charge in [0.05, 0.1) is 11.2 Å². The summed E-state index contributed by atoms with van der Waals surface area (Å²) < 4.78 is 18.2. The van der Waals surface area contributed by atoms with E-state index in [0.29, 0.717) is 21.7 Å². The largest absolute Gasteiger partial charge is 0.445 e. The van der Waals surface area contributed by atoms with Crippen LogP contribution in [-0.4, -0.2) is 12.0 Å². The van der Waals surface area contributed by atoms with E-state index in [-0.39, 0.29) is 18.3 Å². The Labute approximate surface area is 186 Å². The fourth-order valence-electron chi connectivity index (χ4n) is 2.91. The molecule has 0 atom stereocenters. The van der Waals surface area contributed by atoms with Crippen molar-refractivity contribution in [3.8, 4) is 0 Å². The molecule has 0 unspecified atom stereocenters. The summed E-state index contributed by atoms with van der Waals surface area (Å²) in [5, 5.41) is 5.63. The molecule has 0 heterocycles. The van der Waals surface area contributed by atoms with E-state index >= 15 is 0 Å². The second kappa shape index (κ2) is 9.66. The Morgan fingerprint density at radius 3 is 2.26 bits per heavy atom. The van der Waals surface area contributed by atoms with Gasteiger partial charge in [0, 0.05) is 10.5 Å². The maximum absolute atomic E-state index is 13.0. The Bertz CT molecular complexity index is 1070. The molecule has 0 bridgehead atoms. The van der Waals surface area contributed by atoms with Crippen molar-refractivity contribution in [3.63, 3.8) is 0 Å². The number of thiol groups is 1. The lowest BCUT2D eigenvalue weighted by molar-refractivity contribution is 0.102. The molecule has 3 rings (SSSR count).